The van der Waals surface area contributed by atoms with Crippen LogP contribution in [0.1, 0.15) is 42.0 Å². The monoisotopic (exact) mass is 308 g/mol. The number of hydrogen-bond donors (Lipinski definition) is 1. The van der Waals surface area contributed by atoms with Crippen molar-refractivity contribution in [2.75, 3.05) is 0 Å². The average Bonchev–Trinajstić information content (AvgIpc) is 3.16. The van der Waals surface area contributed by atoms with Crippen molar-refractivity contribution in [3.8, 4) is 11.8 Å². The number of ketones is 1. The molecule has 2 unspecified atom stereocenters. The lowest BCUT2D eigenvalue weighted by Gasteiger charge is -2.19. The third-order valence-corrected chi connectivity index (χ3v) is 5.45. The molecule has 4 atom stereocenters. The Labute approximate surface area is 136 Å². The fraction of sp³-hybridized carbons (Fsp3) is 0.450. The lowest BCUT2D eigenvalue weighted by molar-refractivity contribution is -0.118. The standard InChI is InChI=1S/C20H20O3/c1-4-5-12-8-10(2)15(11(3)9-12)18-19(21)16-13-6-7-14(23-13)17(16)20(18)22/h8-9,13-14,16-17,21H,6-7H2,1-3H3/t13-,14+,16?,17?/m1/s1. The number of rotatable bonds is 1. The molecule has 0 saturated carbocycles. The first kappa shape index (κ1) is 14.5. The van der Waals surface area contributed by atoms with E-state index in [4.69, 9.17) is 4.74 Å². The second kappa shape index (κ2) is 4.97. The fourth-order valence-electron chi connectivity index (χ4n) is 4.64. The molecule has 0 aromatic heterocycles. The minimum Gasteiger partial charge on any atom is -0.511 e. The number of allylic oxidation sites excluding steroid dienone is 1. The van der Waals surface area contributed by atoms with Crippen molar-refractivity contribution in [2.24, 2.45) is 11.8 Å². The van der Waals surface area contributed by atoms with Gasteiger partial charge in [0.25, 0.3) is 0 Å². The predicted octanol–water partition coefficient (Wildman–Crippen LogP) is 3.32. The SMILES string of the molecule is CC#Cc1cc(C)c(C2=C(O)C3C(C2=O)[C@@H]2CC[C@H]3O2)c(C)c1. The number of aliphatic hydroxyl groups excluding tert-OH is 1. The number of carbonyl (C=O) groups is 1. The van der Waals surface area contributed by atoms with E-state index in [1.807, 2.05) is 32.9 Å². The van der Waals surface area contributed by atoms with Gasteiger partial charge in [-0.2, -0.15) is 0 Å². The van der Waals surface area contributed by atoms with Crippen LogP contribution < -0.4 is 0 Å². The summed E-state index contributed by atoms with van der Waals surface area (Å²) in [7, 11) is 0. The highest BCUT2D eigenvalue weighted by atomic mass is 16.5. The number of ether oxygens (including phenoxy) is 1. The van der Waals surface area contributed by atoms with Gasteiger partial charge in [0.05, 0.1) is 29.6 Å². The number of benzene rings is 1. The Bertz CT molecular complexity index is 783. The highest BCUT2D eigenvalue weighted by molar-refractivity contribution is 6.26. The summed E-state index contributed by atoms with van der Waals surface area (Å²) in [5.74, 6) is 5.94. The lowest BCUT2D eigenvalue weighted by Crippen LogP contribution is -2.29. The third kappa shape index (κ3) is 1.91. The molecule has 2 fully saturated rings. The molecule has 2 heterocycles. The van der Waals surface area contributed by atoms with Gasteiger partial charge in [0, 0.05) is 5.56 Å². The van der Waals surface area contributed by atoms with E-state index < -0.39 is 0 Å². The van der Waals surface area contributed by atoms with Crippen LogP contribution in [-0.4, -0.2) is 23.1 Å². The summed E-state index contributed by atoms with van der Waals surface area (Å²) in [6, 6.07) is 3.98. The Balaban J connectivity index is 1.85. The van der Waals surface area contributed by atoms with Gasteiger partial charge in [-0.25, -0.2) is 0 Å². The predicted molar refractivity (Wildman–Crippen MR) is 87.9 cm³/mol. The van der Waals surface area contributed by atoms with Gasteiger partial charge in [0.2, 0.25) is 0 Å². The maximum atomic E-state index is 13.0. The van der Waals surface area contributed by atoms with Crippen LogP contribution in [0.2, 0.25) is 0 Å². The molecule has 2 aliphatic heterocycles. The van der Waals surface area contributed by atoms with Crippen LogP contribution in [0.25, 0.3) is 5.57 Å². The van der Waals surface area contributed by atoms with Crippen LogP contribution in [0.3, 0.4) is 0 Å². The van der Waals surface area contributed by atoms with Crippen molar-refractivity contribution < 1.29 is 14.6 Å². The molecule has 23 heavy (non-hydrogen) atoms. The Morgan fingerprint density at radius 3 is 2.30 bits per heavy atom. The summed E-state index contributed by atoms with van der Waals surface area (Å²) < 4.78 is 5.84. The molecule has 1 aromatic carbocycles. The minimum absolute atomic E-state index is 0.0111. The molecular weight excluding hydrogens is 288 g/mol. The number of fused-ring (bicyclic) bond motifs is 5. The van der Waals surface area contributed by atoms with Crippen LogP contribution in [0, 0.1) is 37.5 Å². The van der Waals surface area contributed by atoms with Crippen LogP contribution in [0.4, 0.5) is 0 Å². The van der Waals surface area contributed by atoms with Gasteiger partial charge in [-0.05, 0) is 62.4 Å². The molecule has 1 aromatic rings. The van der Waals surface area contributed by atoms with Crippen molar-refractivity contribution >= 4 is 11.4 Å². The zero-order chi connectivity index (χ0) is 16.3. The van der Waals surface area contributed by atoms with Gasteiger partial charge < -0.3 is 9.84 Å². The van der Waals surface area contributed by atoms with Crippen molar-refractivity contribution in [1.29, 1.82) is 0 Å². The van der Waals surface area contributed by atoms with Gasteiger partial charge >= 0.3 is 0 Å². The topological polar surface area (TPSA) is 46.5 Å². The molecule has 118 valence electrons. The molecule has 2 bridgehead atoms. The Hall–Kier alpha value is -2.05. The van der Waals surface area contributed by atoms with E-state index in [9.17, 15) is 9.90 Å². The van der Waals surface area contributed by atoms with Gasteiger partial charge in [-0.1, -0.05) is 5.92 Å². The molecule has 0 spiro atoms. The van der Waals surface area contributed by atoms with E-state index in [2.05, 4.69) is 11.8 Å². The van der Waals surface area contributed by atoms with Crippen LogP contribution in [0.15, 0.2) is 17.9 Å². The second-order valence-electron chi connectivity index (χ2n) is 6.83. The summed E-state index contributed by atoms with van der Waals surface area (Å²) in [5, 5.41) is 10.8. The van der Waals surface area contributed by atoms with E-state index >= 15 is 0 Å². The summed E-state index contributed by atoms with van der Waals surface area (Å²) >= 11 is 0. The summed E-state index contributed by atoms with van der Waals surface area (Å²) in [4.78, 5) is 13.0. The van der Waals surface area contributed by atoms with E-state index in [1.165, 1.54) is 0 Å². The molecule has 0 radical (unpaired) electrons. The van der Waals surface area contributed by atoms with Gasteiger partial charge in [0.15, 0.2) is 5.78 Å². The van der Waals surface area contributed by atoms with Crippen molar-refractivity contribution in [2.45, 2.75) is 45.8 Å². The summed E-state index contributed by atoms with van der Waals surface area (Å²) in [6.45, 7) is 5.77. The van der Waals surface area contributed by atoms with Gasteiger partial charge in [-0.3, -0.25) is 4.79 Å². The number of Topliss-reactive ketones (excluding diaryl/α,β-unsaturated/α-hetero) is 1. The quantitative estimate of drug-likeness (QED) is 0.810. The maximum Gasteiger partial charge on any atom is 0.173 e. The smallest absolute Gasteiger partial charge is 0.173 e. The first-order chi connectivity index (χ1) is 11.0. The first-order valence-electron chi connectivity index (χ1n) is 8.20. The second-order valence-corrected chi connectivity index (χ2v) is 6.83. The first-order valence-corrected chi connectivity index (χ1v) is 8.20. The van der Waals surface area contributed by atoms with E-state index in [0.717, 1.165) is 35.1 Å². The highest BCUT2D eigenvalue weighted by Crippen LogP contribution is 2.54. The molecule has 2 saturated heterocycles. The number of carbonyl (C=O) groups excluding carboxylic acids is 1. The molecule has 0 amide bonds. The molecular formula is C20H20O3. The third-order valence-electron chi connectivity index (χ3n) is 5.45. The van der Waals surface area contributed by atoms with Crippen LogP contribution in [0.5, 0.6) is 0 Å². The van der Waals surface area contributed by atoms with E-state index in [0.29, 0.717) is 5.57 Å². The molecule has 4 rings (SSSR count). The van der Waals surface area contributed by atoms with Crippen LogP contribution >= 0.6 is 0 Å². The van der Waals surface area contributed by atoms with Crippen molar-refractivity contribution in [1.82, 2.24) is 0 Å². The average molecular weight is 308 g/mol. The molecule has 1 aliphatic carbocycles. The normalized spacial score (nSPS) is 31.3. The van der Waals surface area contributed by atoms with Crippen LogP contribution in [-0.2, 0) is 9.53 Å². The molecule has 3 heteroatoms. The fourth-order valence-corrected chi connectivity index (χ4v) is 4.64. The van der Waals surface area contributed by atoms with Crippen molar-refractivity contribution in [3.05, 3.63) is 40.1 Å². The van der Waals surface area contributed by atoms with Gasteiger partial charge in [-0.15, -0.1) is 5.92 Å². The Morgan fingerprint density at radius 2 is 1.74 bits per heavy atom. The molecule has 3 aliphatic rings. The highest BCUT2D eigenvalue weighted by Gasteiger charge is 2.59. The number of aryl methyl sites for hydroxylation is 2. The summed E-state index contributed by atoms with van der Waals surface area (Å²) in [5.41, 5.74) is 4.33. The zero-order valence-corrected chi connectivity index (χ0v) is 13.6. The number of aliphatic hydroxyl groups is 1. The Kier molecular flexibility index (Phi) is 3.14. The largest absolute Gasteiger partial charge is 0.511 e. The number of hydrogen-bond acceptors (Lipinski definition) is 3. The lowest BCUT2D eigenvalue weighted by atomic mass is 9.80. The van der Waals surface area contributed by atoms with E-state index in [-0.39, 0.29) is 35.6 Å². The Morgan fingerprint density at radius 1 is 1.13 bits per heavy atom. The maximum absolute atomic E-state index is 13.0. The van der Waals surface area contributed by atoms with E-state index in [1.54, 1.807) is 0 Å². The van der Waals surface area contributed by atoms with Crippen molar-refractivity contribution in [3.63, 3.8) is 0 Å². The molecule has 1 N–H and O–H groups in total. The summed E-state index contributed by atoms with van der Waals surface area (Å²) in [6.07, 6.45) is 1.88. The molecule has 3 nitrogen and oxygen atoms in total. The minimum atomic E-state index is -0.183. The van der Waals surface area contributed by atoms with Gasteiger partial charge in [0.1, 0.15) is 5.76 Å². The zero-order valence-electron chi connectivity index (χ0n) is 13.6.